The molecule has 0 radical (unpaired) electrons. The van der Waals surface area contributed by atoms with E-state index in [9.17, 15) is 9.59 Å². The zero-order chi connectivity index (χ0) is 13.5. The van der Waals surface area contributed by atoms with E-state index in [0.717, 1.165) is 0 Å². The molecule has 1 aliphatic carbocycles. The maximum atomic E-state index is 11.5. The van der Waals surface area contributed by atoms with Crippen LogP contribution in [0.2, 0.25) is 0 Å². The minimum absolute atomic E-state index is 0.0712. The summed E-state index contributed by atoms with van der Waals surface area (Å²) >= 11 is 0. The van der Waals surface area contributed by atoms with Crippen LogP contribution >= 0.6 is 0 Å². The number of carboxylic acids is 1. The SMILES string of the molecule is CC(C)CC(CNC(=O)CCNC1CC1)C(=O)O. The molecule has 1 fully saturated rings. The van der Waals surface area contributed by atoms with Gasteiger partial charge in [-0.15, -0.1) is 0 Å². The van der Waals surface area contributed by atoms with Crippen LogP contribution in [-0.4, -0.2) is 36.1 Å². The third kappa shape index (κ3) is 6.59. The molecule has 0 aromatic heterocycles. The van der Waals surface area contributed by atoms with E-state index in [2.05, 4.69) is 10.6 Å². The van der Waals surface area contributed by atoms with Crippen LogP contribution in [0.25, 0.3) is 0 Å². The molecule has 0 aromatic carbocycles. The van der Waals surface area contributed by atoms with Crippen molar-refractivity contribution in [3.63, 3.8) is 0 Å². The summed E-state index contributed by atoms with van der Waals surface area (Å²) < 4.78 is 0. The van der Waals surface area contributed by atoms with Crippen molar-refractivity contribution in [1.29, 1.82) is 0 Å². The fraction of sp³-hybridized carbons (Fsp3) is 0.846. The average molecular weight is 256 g/mol. The number of carboxylic acid groups (broad SMARTS) is 1. The summed E-state index contributed by atoms with van der Waals surface area (Å²) in [6.07, 6.45) is 3.43. The summed E-state index contributed by atoms with van der Waals surface area (Å²) in [5, 5.41) is 15.0. The Morgan fingerprint density at radius 2 is 2.00 bits per heavy atom. The van der Waals surface area contributed by atoms with Crippen LogP contribution < -0.4 is 10.6 Å². The van der Waals surface area contributed by atoms with Crippen LogP contribution in [0.4, 0.5) is 0 Å². The maximum absolute atomic E-state index is 11.5. The predicted molar refractivity (Wildman–Crippen MR) is 69.2 cm³/mol. The Labute approximate surface area is 108 Å². The van der Waals surface area contributed by atoms with Gasteiger partial charge in [0.05, 0.1) is 5.92 Å². The number of aliphatic carboxylic acids is 1. The van der Waals surface area contributed by atoms with E-state index >= 15 is 0 Å². The molecule has 0 saturated heterocycles. The van der Waals surface area contributed by atoms with E-state index < -0.39 is 11.9 Å². The van der Waals surface area contributed by atoms with Gasteiger partial charge in [-0.2, -0.15) is 0 Å². The molecule has 1 amide bonds. The van der Waals surface area contributed by atoms with Gasteiger partial charge in [0.1, 0.15) is 0 Å². The quantitative estimate of drug-likeness (QED) is 0.575. The number of amides is 1. The number of hydrogen-bond donors (Lipinski definition) is 3. The summed E-state index contributed by atoms with van der Waals surface area (Å²) in [6.45, 7) is 4.88. The van der Waals surface area contributed by atoms with Crippen molar-refractivity contribution >= 4 is 11.9 Å². The zero-order valence-corrected chi connectivity index (χ0v) is 11.2. The average Bonchev–Trinajstić information content (AvgIpc) is 3.07. The number of carbonyl (C=O) groups excluding carboxylic acids is 1. The van der Waals surface area contributed by atoms with E-state index in [1.807, 2.05) is 13.8 Å². The van der Waals surface area contributed by atoms with Crippen molar-refractivity contribution in [3.8, 4) is 0 Å². The molecule has 0 spiro atoms. The molecule has 1 rings (SSSR count). The molecule has 1 aliphatic rings. The Balaban J connectivity index is 2.14. The molecule has 5 heteroatoms. The van der Waals surface area contributed by atoms with Gasteiger partial charge >= 0.3 is 5.97 Å². The molecular formula is C13H24N2O3. The molecule has 0 aliphatic heterocycles. The highest BCUT2D eigenvalue weighted by Crippen LogP contribution is 2.18. The summed E-state index contributed by atoms with van der Waals surface area (Å²) in [7, 11) is 0. The molecule has 18 heavy (non-hydrogen) atoms. The predicted octanol–water partition coefficient (Wildman–Crippen LogP) is 0.992. The van der Waals surface area contributed by atoms with Crippen molar-refractivity contribution in [2.24, 2.45) is 11.8 Å². The number of hydrogen-bond acceptors (Lipinski definition) is 3. The molecule has 0 heterocycles. The molecule has 3 N–H and O–H groups in total. The first-order valence-electron chi connectivity index (χ1n) is 6.72. The minimum Gasteiger partial charge on any atom is -0.481 e. The van der Waals surface area contributed by atoms with Gasteiger partial charge in [0, 0.05) is 25.6 Å². The van der Waals surface area contributed by atoms with Crippen LogP contribution in [0.3, 0.4) is 0 Å². The standard InChI is InChI=1S/C13H24N2O3/c1-9(2)7-10(13(17)18)8-15-12(16)5-6-14-11-3-4-11/h9-11,14H,3-8H2,1-2H3,(H,15,16)(H,17,18). The summed E-state index contributed by atoms with van der Waals surface area (Å²) in [5.74, 6) is -1.07. The third-order valence-corrected chi connectivity index (χ3v) is 3.01. The van der Waals surface area contributed by atoms with Gasteiger partial charge in [-0.25, -0.2) is 0 Å². The Hall–Kier alpha value is -1.10. The summed E-state index contributed by atoms with van der Waals surface area (Å²) in [4.78, 5) is 22.5. The smallest absolute Gasteiger partial charge is 0.308 e. The van der Waals surface area contributed by atoms with E-state index in [1.54, 1.807) is 0 Å². The molecule has 1 unspecified atom stereocenters. The van der Waals surface area contributed by atoms with Crippen LogP contribution in [0.1, 0.15) is 39.5 Å². The highest BCUT2D eigenvalue weighted by Gasteiger charge is 2.21. The van der Waals surface area contributed by atoms with Gasteiger partial charge in [-0.3, -0.25) is 9.59 Å². The Morgan fingerprint density at radius 1 is 1.33 bits per heavy atom. The second kappa shape index (κ2) is 7.36. The first-order valence-corrected chi connectivity index (χ1v) is 6.72. The van der Waals surface area contributed by atoms with Crippen molar-refractivity contribution < 1.29 is 14.7 Å². The van der Waals surface area contributed by atoms with Crippen LogP contribution in [0, 0.1) is 11.8 Å². The highest BCUT2D eigenvalue weighted by atomic mass is 16.4. The van der Waals surface area contributed by atoms with Gasteiger partial charge < -0.3 is 15.7 Å². The van der Waals surface area contributed by atoms with Gasteiger partial charge in [-0.05, 0) is 25.2 Å². The third-order valence-electron chi connectivity index (χ3n) is 3.01. The lowest BCUT2D eigenvalue weighted by atomic mass is 9.97. The van der Waals surface area contributed by atoms with Crippen molar-refractivity contribution in [1.82, 2.24) is 10.6 Å². The molecule has 1 saturated carbocycles. The second-order valence-electron chi connectivity index (χ2n) is 5.45. The molecule has 5 nitrogen and oxygen atoms in total. The van der Waals surface area contributed by atoms with Crippen molar-refractivity contribution in [3.05, 3.63) is 0 Å². The Bertz CT molecular complexity index is 288. The largest absolute Gasteiger partial charge is 0.481 e. The Morgan fingerprint density at radius 3 is 2.50 bits per heavy atom. The van der Waals surface area contributed by atoms with E-state index in [0.29, 0.717) is 31.3 Å². The topological polar surface area (TPSA) is 78.4 Å². The molecule has 104 valence electrons. The van der Waals surface area contributed by atoms with E-state index in [4.69, 9.17) is 5.11 Å². The lowest BCUT2D eigenvalue weighted by Gasteiger charge is -2.15. The lowest BCUT2D eigenvalue weighted by molar-refractivity contribution is -0.142. The lowest BCUT2D eigenvalue weighted by Crippen LogP contribution is -2.35. The van der Waals surface area contributed by atoms with Gasteiger partial charge in [0.15, 0.2) is 0 Å². The van der Waals surface area contributed by atoms with E-state index in [1.165, 1.54) is 12.8 Å². The number of carbonyl (C=O) groups is 2. The monoisotopic (exact) mass is 256 g/mol. The molecule has 1 atom stereocenters. The van der Waals surface area contributed by atoms with Crippen molar-refractivity contribution in [2.75, 3.05) is 13.1 Å². The summed E-state index contributed by atoms with van der Waals surface area (Å²) in [6, 6.07) is 0.602. The molecule has 0 bridgehead atoms. The second-order valence-corrected chi connectivity index (χ2v) is 5.45. The van der Waals surface area contributed by atoms with E-state index in [-0.39, 0.29) is 12.5 Å². The van der Waals surface area contributed by atoms with Crippen LogP contribution in [0.5, 0.6) is 0 Å². The highest BCUT2D eigenvalue weighted by molar-refractivity contribution is 5.77. The Kier molecular flexibility index (Phi) is 6.12. The van der Waals surface area contributed by atoms with Gasteiger partial charge in [0.25, 0.3) is 0 Å². The fourth-order valence-corrected chi connectivity index (χ4v) is 1.84. The van der Waals surface area contributed by atoms with Gasteiger partial charge in [-0.1, -0.05) is 13.8 Å². The maximum Gasteiger partial charge on any atom is 0.308 e. The zero-order valence-electron chi connectivity index (χ0n) is 11.2. The number of rotatable bonds is 9. The molecule has 0 aromatic rings. The fourth-order valence-electron chi connectivity index (χ4n) is 1.84. The molecular weight excluding hydrogens is 232 g/mol. The first-order chi connectivity index (χ1) is 8.49. The van der Waals surface area contributed by atoms with Crippen molar-refractivity contribution in [2.45, 2.75) is 45.6 Å². The van der Waals surface area contributed by atoms with Gasteiger partial charge in [0.2, 0.25) is 5.91 Å². The summed E-state index contributed by atoms with van der Waals surface area (Å²) in [5.41, 5.74) is 0. The number of nitrogens with one attached hydrogen (secondary N) is 2. The van der Waals surface area contributed by atoms with Crippen LogP contribution in [0.15, 0.2) is 0 Å². The first kappa shape index (κ1) is 15.0. The normalized spacial score (nSPS) is 16.6. The van der Waals surface area contributed by atoms with Crippen LogP contribution in [-0.2, 0) is 9.59 Å². The minimum atomic E-state index is -0.833.